The SMILES string of the molecule is CC(=O)Nc1nc2c(s1)-c1c(c(-c3cccnc3)nn1-c1cc(F)c(C(=O)N3CCN(C)CC3)cc1F)CC2. The quantitative estimate of drug-likeness (QED) is 0.416. The first-order valence-electron chi connectivity index (χ1n) is 12.6. The molecule has 0 atom stereocenters. The van der Waals surface area contributed by atoms with Crippen molar-refractivity contribution in [3.05, 3.63) is 65.1 Å². The van der Waals surface area contributed by atoms with Gasteiger partial charge in [0.2, 0.25) is 5.91 Å². The number of aryl methyl sites for hydroxylation is 1. The molecule has 1 fully saturated rings. The van der Waals surface area contributed by atoms with E-state index in [4.69, 9.17) is 5.10 Å². The van der Waals surface area contributed by atoms with Crippen molar-refractivity contribution in [1.82, 2.24) is 29.5 Å². The summed E-state index contributed by atoms with van der Waals surface area (Å²) in [6, 6.07) is 5.64. The van der Waals surface area contributed by atoms with Gasteiger partial charge in [-0.05, 0) is 38.1 Å². The van der Waals surface area contributed by atoms with Gasteiger partial charge in [0.1, 0.15) is 17.3 Å². The molecule has 4 aromatic rings. The predicted molar refractivity (Wildman–Crippen MR) is 143 cm³/mol. The molecule has 0 unspecified atom stereocenters. The average Bonchev–Trinajstić information content (AvgIpc) is 3.51. The first-order chi connectivity index (χ1) is 18.8. The molecule has 4 heterocycles. The monoisotopic (exact) mass is 549 g/mol. The van der Waals surface area contributed by atoms with Crippen molar-refractivity contribution in [1.29, 1.82) is 0 Å². The van der Waals surface area contributed by atoms with E-state index < -0.39 is 17.5 Å². The van der Waals surface area contributed by atoms with Crippen molar-refractivity contribution in [3.8, 4) is 27.5 Å². The molecule has 0 bridgehead atoms. The summed E-state index contributed by atoms with van der Waals surface area (Å²) in [6.07, 6.45) is 4.50. The van der Waals surface area contributed by atoms with Gasteiger partial charge in [0.15, 0.2) is 5.13 Å². The van der Waals surface area contributed by atoms with Gasteiger partial charge in [-0.3, -0.25) is 14.6 Å². The molecule has 1 aromatic carbocycles. The van der Waals surface area contributed by atoms with Gasteiger partial charge in [-0.2, -0.15) is 5.10 Å². The van der Waals surface area contributed by atoms with Gasteiger partial charge in [-0.25, -0.2) is 18.4 Å². The summed E-state index contributed by atoms with van der Waals surface area (Å²) >= 11 is 1.26. The van der Waals surface area contributed by atoms with Gasteiger partial charge < -0.3 is 15.1 Å². The number of benzene rings is 1. The number of rotatable bonds is 4. The standard InChI is InChI=1S/C27H25F2N7O2S/c1-15(37)31-27-32-21-6-5-17-23(16-4-3-7-30-14-16)33-36(24(17)25(21)39-27)22-13-19(28)18(12-20(22)29)26(38)35-10-8-34(2)9-11-35/h3-4,7,12-14H,5-6,8-11H2,1-2H3,(H,31,32,37). The van der Waals surface area contributed by atoms with Gasteiger partial charge >= 0.3 is 0 Å². The van der Waals surface area contributed by atoms with Crippen LogP contribution in [0, 0.1) is 11.6 Å². The topological polar surface area (TPSA) is 96.2 Å². The fraction of sp³-hybridized carbons (Fsp3) is 0.296. The number of nitrogens with zero attached hydrogens (tertiary/aromatic N) is 6. The van der Waals surface area contributed by atoms with E-state index in [9.17, 15) is 9.59 Å². The molecule has 12 heteroatoms. The highest BCUT2D eigenvalue weighted by Gasteiger charge is 2.32. The van der Waals surface area contributed by atoms with Crippen LogP contribution in [0.1, 0.15) is 28.5 Å². The Labute approximate surface area is 227 Å². The van der Waals surface area contributed by atoms with E-state index in [0.29, 0.717) is 55.5 Å². The van der Waals surface area contributed by atoms with Gasteiger partial charge in [0.05, 0.1) is 27.5 Å². The lowest BCUT2D eigenvalue weighted by Gasteiger charge is -2.32. The Morgan fingerprint density at radius 2 is 1.87 bits per heavy atom. The van der Waals surface area contributed by atoms with Crippen LogP contribution in [0.5, 0.6) is 0 Å². The van der Waals surface area contributed by atoms with E-state index >= 15 is 8.78 Å². The third-order valence-corrected chi connectivity index (χ3v) is 8.03. The average molecular weight is 550 g/mol. The number of carbonyl (C=O) groups excluding carboxylic acids is 2. The maximum atomic E-state index is 15.8. The molecule has 0 radical (unpaired) electrons. The summed E-state index contributed by atoms with van der Waals surface area (Å²) in [7, 11) is 1.95. The fourth-order valence-corrected chi connectivity index (χ4v) is 6.14. The summed E-state index contributed by atoms with van der Waals surface area (Å²) in [5.41, 5.74) is 3.11. The number of fused-ring (bicyclic) bond motifs is 3. The number of amides is 2. The molecular weight excluding hydrogens is 524 g/mol. The molecule has 2 amide bonds. The Kier molecular flexibility index (Phi) is 6.43. The number of pyridine rings is 1. The van der Waals surface area contributed by atoms with Crippen LogP contribution in [-0.2, 0) is 17.6 Å². The zero-order chi connectivity index (χ0) is 27.3. The minimum Gasteiger partial charge on any atom is -0.336 e. The van der Waals surface area contributed by atoms with E-state index in [0.717, 1.165) is 33.8 Å². The van der Waals surface area contributed by atoms with Crippen molar-refractivity contribution in [2.75, 3.05) is 38.5 Å². The molecule has 1 saturated heterocycles. The van der Waals surface area contributed by atoms with E-state index in [1.807, 2.05) is 13.1 Å². The predicted octanol–water partition coefficient (Wildman–Crippen LogP) is 3.78. The van der Waals surface area contributed by atoms with Crippen LogP contribution in [0.4, 0.5) is 13.9 Å². The van der Waals surface area contributed by atoms with Gasteiger partial charge in [-0.1, -0.05) is 11.3 Å². The number of likely N-dealkylation sites (N-methyl/N-ethyl adjacent to an activating group) is 1. The summed E-state index contributed by atoms with van der Waals surface area (Å²) < 4.78 is 32.6. The molecule has 0 spiro atoms. The van der Waals surface area contributed by atoms with Crippen LogP contribution in [0.3, 0.4) is 0 Å². The highest BCUT2D eigenvalue weighted by molar-refractivity contribution is 7.19. The maximum Gasteiger partial charge on any atom is 0.257 e. The number of piperazine rings is 1. The number of hydrogen-bond acceptors (Lipinski definition) is 7. The zero-order valence-electron chi connectivity index (χ0n) is 21.4. The van der Waals surface area contributed by atoms with Crippen LogP contribution >= 0.6 is 11.3 Å². The Morgan fingerprint density at radius 3 is 2.59 bits per heavy atom. The Hall–Kier alpha value is -4.03. The first-order valence-corrected chi connectivity index (χ1v) is 13.4. The number of halogens is 2. The Bertz CT molecular complexity index is 1590. The Morgan fingerprint density at radius 1 is 1.08 bits per heavy atom. The summed E-state index contributed by atoms with van der Waals surface area (Å²) in [5, 5.41) is 7.88. The van der Waals surface area contributed by atoms with Crippen LogP contribution in [-0.4, -0.2) is 74.6 Å². The Balaban J connectivity index is 1.48. The number of nitrogens with one attached hydrogen (secondary N) is 1. The molecule has 3 aromatic heterocycles. The smallest absolute Gasteiger partial charge is 0.257 e. The van der Waals surface area contributed by atoms with E-state index in [1.165, 1.54) is 22.9 Å². The van der Waals surface area contributed by atoms with Gasteiger partial charge in [-0.15, -0.1) is 0 Å². The van der Waals surface area contributed by atoms with E-state index in [2.05, 4.69) is 20.2 Å². The van der Waals surface area contributed by atoms with Gasteiger partial charge in [0, 0.05) is 62.7 Å². The number of anilines is 1. The molecule has 1 aliphatic carbocycles. The van der Waals surface area contributed by atoms with Crippen LogP contribution < -0.4 is 5.32 Å². The lowest BCUT2D eigenvalue weighted by molar-refractivity contribution is -0.114. The van der Waals surface area contributed by atoms with E-state index in [1.54, 1.807) is 23.4 Å². The van der Waals surface area contributed by atoms with Crippen molar-refractivity contribution in [2.24, 2.45) is 0 Å². The number of carbonyl (C=O) groups is 2. The van der Waals surface area contributed by atoms with Crippen LogP contribution in [0.25, 0.3) is 27.5 Å². The highest BCUT2D eigenvalue weighted by Crippen LogP contribution is 2.44. The number of hydrogen-bond donors (Lipinski definition) is 1. The largest absolute Gasteiger partial charge is 0.336 e. The lowest BCUT2D eigenvalue weighted by atomic mass is 9.95. The maximum absolute atomic E-state index is 15.8. The summed E-state index contributed by atoms with van der Waals surface area (Å²) in [5.74, 6) is -2.37. The second-order valence-electron chi connectivity index (χ2n) is 9.68. The molecular formula is C27H25F2N7O2S. The van der Waals surface area contributed by atoms with Crippen molar-refractivity contribution in [2.45, 2.75) is 19.8 Å². The first kappa shape index (κ1) is 25.3. The molecule has 39 heavy (non-hydrogen) atoms. The third-order valence-electron chi connectivity index (χ3n) is 7.01. The molecule has 2 aliphatic rings. The zero-order valence-corrected chi connectivity index (χ0v) is 22.2. The number of aromatic nitrogens is 4. The molecule has 1 aliphatic heterocycles. The second-order valence-corrected chi connectivity index (χ2v) is 10.7. The highest BCUT2D eigenvalue weighted by atomic mass is 32.1. The molecule has 1 N–H and O–H groups in total. The fourth-order valence-electron chi connectivity index (χ4n) is 5.03. The van der Waals surface area contributed by atoms with Gasteiger partial charge in [0.25, 0.3) is 5.91 Å². The lowest BCUT2D eigenvalue weighted by Crippen LogP contribution is -2.47. The van der Waals surface area contributed by atoms with Crippen LogP contribution in [0.2, 0.25) is 0 Å². The van der Waals surface area contributed by atoms with Crippen molar-refractivity contribution in [3.63, 3.8) is 0 Å². The molecule has 200 valence electrons. The second kappa shape index (κ2) is 9.93. The van der Waals surface area contributed by atoms with Crippen molar-refractivity contribution < 1.29 is 18.4 Å². The van der Waals surface area contributed by atoms with Crippen LogP contribution in [0.15, 0.2) is 36.7 Å². The van der Waals surface area contributed by atoms with Crippen molar-refractivity contribution >= 4 is 28.3 Å². The molecule has 9 nitrogen and oxygen atoms in total. The molecule has 6 rings (SSSR count). The summed E-state index contributed by atoms with van der Waals surface area (Å²) in [6.45, 7) is 3.64. The normalized spacial score (nSPS) is 15.1. The minimum atomic E-state index is -0.818. The third kappa shape index (κ3) is 4.59. The molecule has 0 saturated carbocycles. The number of thiazole rings is 1. The van der Waals surface area contributed by atoms with E-state index in [-0.39, 0.29) is 17.2 Å². The summed E-state index contributed by atoms with van der Waals surface area (Å²) in [4.78, 5) is 37.8. The minimum absolute atomic E-state index is 0.115.